The third kappa shape index (κ3) is 3.94. The number of halogens is 3. The van der Waals surface area contributed by atoms with Gasteiger partial charge in [-0.2, -0.15) is 18.2 Å². The number of nitrogens with zero attached hydrogens (tertiary/aromatic N) is 1. The van der Waals surface area contributed by atoms with Crippen LogP contribution in [-0.4, -0.2) is 28.2 Å². The third-order valence-corrected chi connectivity index (χ3v) is 4.69. The average Bonchev–Trinajstić information content (AvgIpc) is 2.79. The van der Waals surface area contributed by atoms with E-state index in [2.05, 4.69) is 5.43 Å². The van der Waals surface area contributed by atoms with Crippen molar-refractivity contribution in [2.75, 3.05) is 0 Å². The molecule has 1 aliphatic heterocycles. The van der Waals surface area contributed by atoms with E-state index < -0.39 is 29.3 Å². The second-order valence-corrected chi connectivity index (χ2v) is 8.75. The Morgan fingerprint density at radius 1 is 1.07 bits per heavy atom. The van der Waals surface area contributed by atoms with E-state index in [9.17, 15) is 18.0 Å². The van der Waals surface area contributed by atoms with Gasteiger partial charge in [-0.3, -0.25) is 10.2 Å². The maximum Gasteiger partial charge on any atom is 0.409 e. The number of ether oxygens (including phenoxy) is 1. The molecular weight excluding hydrogens is 369 g/mol. The minimum atomic E-state index is -4.58. The number of carbonyl (C=O) groups is 1. The quantitative estimate of drug-likeness (QED) is 0.784. The number of hydrogen-bond donors (Lipinski definition) is 1. The fourth-order valence-corrected chi connectivity index (χ4v) is 3.63. The van der Waals surface area contributed by atoms with E-state index in [0.29, 0.717) is 16.5 Å². The summed E-state index contributed by atoms with van der Waals surface area (Å²) in [5.41, 5.74) is 1.03. The van der Waals surface area contributed by atoms with Gasteiger partial charge in [-0.1, -0.05) is 30.3 Å². The maximum absolute atomic E-state index is 14.2. The first-order valence-corrected chi connectivity index (χ1v) is 9.16. The lowest BCUT2D eigenvalue weighted by Gasteiger charge is -2.38. The lowest BCUT2D eigenvalue weighted by molar-refractivity contribution is -0.203. The van der Waals surface area contributed by atoms with Crippen molar-refractivity contribution in [2.24, 2.45) is 0 Å². The van der Waals surface area contributed by atoms with E-state index in [1.165, 1.54) is 6.07 Å². The summed E-state index contributed by atoms with van der Waals surface area (Å²) in [6, 6.07) is 7.93. The minimum absolute atomic E-state index is 0.00271. The summed E-state index contributed by atoms with van der Waals surface area (Å²) in [4.78, 5) is 11.9. The van der Waals surface area contributed by atoms with E-state index >= 15 is 0 Å². The Morgan fingerprint density at radius 2 is 1.68 bits per heavy atom. The number of fused-ring (bicyclic) bond motifs is 1. The highest BCUT2D eigenvalue weighted by Gasteiger charge is 2.53. The molecule has 1 heterocycles. The van der Waals surface area contributed by atoms with Crippen molar-refractivity contribution in [3.63, 3.8) is 0 Å². The minimum Gasteiger partial charge on any atom is -0.488 e. The summed E-state index contributed by atoms with van der Waals surface area (Å²) in [5, 5.41) is 2.08. The number of alkyl halides is 3. The zero-order valence-electron chi connectivity index (χ0n) is 16.6. The molecule has 2 aromatic carbocycles. The maximum atomic E-state index is 14.2. The van der Waals surface area contributed by atoms with E-state index in [0.717, 1.165) is 5.01 Å². The molecule has 3 rings (SSSR count). The van der Waals surface area contributed by atoms with Gasteiger partial charge in [0.05, 0.1) is 0 Å². The zero-order chi connectivity index (χ0) is 20.9. The van der Waals surface area contributed by atoms with Crippen molar-refractivity contribution in [3.05, 3.63) is 42.0 Å². The molecule has 0 aromatic heterocycles. The first kappa shape index (κ1) is 20.5. The number of rotatable bonds is 3. The molecule has 1 amide bonds. The molecule has 0 aliphatic carbocycles. The first-order chi connectivity index (χ1) is 12.8. The Morgan fingerprint density at radius 3 is 2.18 bits per heavy atom. The van der Waals surface area contributed by atoms with Crippen molar-refractivity contribution in [1.29, 1.82) is 0 Å². The Kier molecular flexibility index (Phi) is 4.86. The monoisotopic (exact) mass is 394 g/mol. The van der Waals surface area contributed by atoms with Crippen molar-refractivity contribution < 1.29 is 22.7 Å². The SMILES string of the molecule is CC(C)(C)Oc1ccc(C(N2NC(=O)CC2(C)C)C(F)(F)F)c2ccccc12. The van der Waals surface area contributed by atoms with Crippen LogP contribution in [0.2, 0.25) is 0 Å². The highest BCUT2D eigenvalue weighted by atomic mass is 19.4. The molecule has 1 atom stereocenters. The van der Waals surface area contributed by atoms with E-state index in [1.807, 2.05) is 20.8 Å². The van der Waals surface area contributed by atoms with Crippen LogP contribution >= 0.6 is 0 Å². The molecule has 0 spiro atoms. The van der Waals surface area contributed by atoms with E-state index in [1.54, 1.807) is 44.2 Å². The summed E-state index contributed by atoms with van der Waals surface area (Å²) in [7, 11) is 0. The third-order valence-electron chi connectivity index (χ3n) is 4.69. The topological polar surface area (TPSA) is 41.6 Å². The fraction of sp³-hybridized carbons (Fsp3) is 0.476. The molecule has 0 bridgehead atoms. The van der Waals surface area contributed by atoms with Gasteiger partial charge in [0.15, 0.2) is 6.04 Å². The van der Waals surface area contributed by atoms with Crippen molar-refractivity contribution in [2.45, 2.75) is 64.4 Å². The zero-order valence-corrected chi connectivity index (χ0v) is 16.6. The van der Waals surface area contributed by atoms with Crippen LogP contribution in [-0.2, 0) is 4.79 Å². The second-order valence-electron chi connectivity index (χ2n) is 8.75. The van der Waals surface area contributed by atoms with Crippen LogP contribution in [0.4, 0.5) is 13.2 Å². The van der Waals surface area contributed by atoms with Gasteiger partial charge in [-0.15, -0.1) is 0 Å². The molecular formula is C21H25F3N2O2. The number of benzene rings is 2. The van der Waals surface area contributed by atoms with Crippen LogP contribution in [0.15, 0.2) is 36.4 Å². The summed E-state index contributed by atoms with van der Waals surface area (Å²) in [6.07, 6.45) is -4.58. The number of carbonyl (C=O) groups excluding carboxylic acids is 1. The molecule has 28 heavy (non-hydrogen) atoms. The lowest BCUT2D eigenvalue weighted by Crippen LogP contribution is -2.51. The Labute approximate surface area is 162 Å². The van der Waals surface area contributed by atoms with Crippen LogP contribution in [0.1, 0.15) is 52.6 Å². The summed E-state index contributed by atoms with van der Waals surface area (Å²) in [6.45, 7) is 8.91. The van der Waals surface area contributed by atoms with E-state index in [-0.39, 0.29) is 12.0 Å². The van der Waals surface area contributed by atoms with Crippen LogP contribution in [0.5, 0.6) is 5.75 Å². The number of amides is 1. The van der Waals surface area contributed by atoms with Gasteiger partial charge in [-0.25, -0.2) is 0 Å². The number of nitrogens with one attached hydrogen (secondary N) is 1. The van der Waals surface area contributed by atoms with Gasteiger partial charge in [0.1, 0.15) is 11.4 Å². The Hall–Kier alpha value is -2.28. The van der Waals surface area contributed by atoms with E-state index in [4.69, 9.17) is 4.74 Å². The highest BCUT2D eigenvalue weighted by Crippen LogP contribution is 2.46. The number of hydrazine groups is 1. The van der Waals surface area contributed by atoms with Gasteiger partial charge >= 0.3 is 6.18 Å². The summed E-state index contributed by atoms with van der Waals surface area (Å²) in [5.74, 6) is 0.105. The average molecular weight is 394 g/mol. The summed E-state index contributed by atoms with van der Waals surface area (Å²) < 4.78 is 48.6. The summed E-state index contributed by atoms with van der Waals surface area (Å²) >= 11 is 0. The molecule has 1 N–H and O–H groups in total. The lowest BCUT2D eigenvalue weighted by atomic mass is 9.93. The second kappa shape index (κ2) is 6.65. The van der Waals surface area contributed by atoms with Crippen molar-refractivity contribution in [3.8, 4) is 5.75 Å². The molecule has 1 saturated heterocycles. The molecule has 1 aliphatic rings. The predicted octanol–water partition coefficient (Wildman–Crippen LogP) is 5.14. The van der Waals surface area contributed by atoms with Crippen molar-refractivity contribution >= 4 is 16.7 Å². The Balaban J connectivity index is 2.20. The van der Waals surface area contributed by atoms with Crippen LogP contribution in [0.25, 0.3) is 10.8 Å². The van der Waals surface area contributed by atoms with Crippen molar-refractivity contribution in [1.82, 2.24) is 10.4 Å². The number of hydrogen-bond acceptors (Lipinski definition) is 3. The fourth-order valence-electron chi connectivity index (χ4n) is 3.63. The standard InChI is InChI=1S/C21H25F3N2O2/c1-19(2,3)28-16-11-10-15(13-8-6-7-9-14(13)16)18(21(22,23)24)26-20(4,5)12-17(27)25-26/h6-11,18H,12H2,1-5H3,(H,25,27). The van der Waals surface area contributed by atoms with Crippen LogP contribution < -0.4 is 10.2 Å². The molecule has 7 heteroatoms. The molecule has 4 nitrogen and oxygen atoms in total. The van der Waals surface area contributed by atoms with Crippen LogP contribution in [0, 0.1) is 0 Å². The molecule has 2 aromatic rings. The van der Waals surface area contributed by atoms with Gasteiger partial charge < -0.3 is 4.74 Å². The van der Waals surface area contributed by atoms with Gasteiger partial charge in [0, 0.05) is 17.3 Å². The molecule has 1 unspecified atom stereocenters. The largest absolute Gasteiger partial charge is 0.488 e. The molecule has 1 fully saturated rings. The molecule has 0 radical (unpaired) electrons. The normalized spacial score (nSPS) is 18.9. The first-order valence-electron chi connectivity index (χ1n) is 9.16. The molecule has 152 valence electrons. The highest BCUT2D eigenvalue weighted by molar-refractivity contribution is 5.91. The molecule has 0 saturated carbocycles. The van der Waals surface area contributed by atoms with Crippen LogP contribution in [0.3, 0.4) is 0 Å². The van der Waals surface area contributed by atoms with Gasteiger partial charge in [0.25, 0.3) is 0 Å². The predicted molar refractivity (Wildman–Crippen MR) is 102 cm³/mol. The van der Waals surface area contributed by atoms with Gasteiger partial charge in [-0.05, 0) is 51.6 Å². The van der Waals surface area contributed by atoms with Gasteiger partial charge in [0.2, 0.25) is 5.91 Å². The Bertz CT molecular complexity index is 901. The smallest absolute Gasteiger partial charge is 0.409 e.